The van der Waals surface area contributed by atoms with E-state index >= 15 is 0 Å². The van der Waals surface area contributed by atoms with Crippen LogP contribution in [0.25, 0.3) is 11.0 Å². The van der Waals surface area contributed by atoms with Gasteiger partial charge in [0, 0.05) is 15.4 Å². The number of fused-ring (bicyclic) bond motifs is 1. The Balaban J connectivity index is 1.60. The van der Waals surface area contributed by atoms with Crippen molar-refractivity contribution in [2.75, 3.05) is 19.8 Å². The molecule has 0 atom stereocenters. The van der Waals surface area contributed by atoms with Crippen molar-refractivity contribution in [2.45, 2.75) is 13.8 Å². The summed E-state index contributed by atoms with van der Waals surface area (Å²) in [5.74, 6) is 1.16. The summed E-state index contributed by atoms with van der Waals surface area (Å²) in [6.07, 6.45) is 0. The number of esters is 1. The molecule has 26 heavy (non-hydrogen) atoms. The van der Waals surface area contributed by atoms with Gasteiger partial charge >= 0.3 is 5.97 Å². The lowest BCUT2D eigenvalue weighted by Crippen LogP contribution is -2.12. The standard InChI is InChI=1S/C20H19BrO5/c1-3-23-16-8-9-18-17(12-16)13(2)19(26-18)20(22)25-11-10-24-15-6-4-14(21)5-7-15/h4-9,12H,3,10-11H2,1-2H3. The van der Waals surface area contributed by atoms with Crippen LogP contribution in [0.2, 0.25) is 0 Å². The number of ether oxygens (including phenoxy) is 3. The average Bonchev–Trinajstić information content (AvgIpc) is 2.97. The highest BCUT2D eigenvalue weighted by Crippen LogP contribution is 2.29. The zero-order valence-electron chi connectivity index (χ0n) is 14.6. The molecule has 0 fully saturated rings. The quantitative estimate of drug-likeness (QED) is 0.392. The number of hydrogen-bond donors (Lipinski definition) is 0. The maximum Gasteiger partial charge on any atom is 0.374 e. The molecule has 136 valence electrons. The molecular weight excluding hydrogens is 400 g/mol. The van der Waals surface area contributed by atoms with Gasteiger partial charge in [-0.1, -0.05) is 15.9 Å². The molecule has 0 saturated heterocycles. The maximum atomic E-state index is 12.3. The second-order valence-electron chi connectivity index (χ2n) is 5.59. The first-order valence-corrected chi connectivity index (χ1v) is 9.09. The maximum absolute atomic E-state index is 12.3. The minimum absolute atomic E-state index is 0.135. The molecule has 1 aromatic heterocycles. The van der Waals surface area contributed by atoms with Gasteiger partial charge < -0.3 is 18.6 Å². The van der Waals surface area contributed by atoms with Gasteiger partial charge in [0.05, 0.1) is 6.61 Å². The molecule has 2 aromatic carbocycles. The lowest BCUT2D eigenvalue weighted by atomic mass is 10.1. The Hall–Kier alpha value is -2.47. The van der Waals surface area contributed by atoms with Crippen LogP contribution in [0.1, 0.15) is 23.0 Å². The monoisotopic (exact) mass is 418 g/mol. The van der Waals surface area contributed by atoms with Gasteiger partial charge in [-0.3, -0.25) is 0 Å². The highest BCUT2D eigenvalue weighted by atomic mass is 79.9. The highest BCUT2D eigenvalue weighted by molar-refractivity contribution is 9.10. The summed E-state index contributed by atoms with van der Waals surface area (Å²) in [4.78, 5) is 12.3. The van der Waals surface area contributed by atoms with Crippen molar-refractivity contribution in [2.24, 2.45) is 0 Å². The van der Waals surface area contributed by atoms with Crippen molar-refractivity contribution in [1.29, 1.82) is 0 Å². The summed E-state index contributed by atoms with van der Waals surface area (Å²) in [5.41, 5.74) is 1.37. The van der Waals surface area contributed by atoms with Crippen molar-refractivity contribution in [1.82, 2.24) is 0 Å². The lowest BCUT2D eigenvalue weighted by molar-refractivity contribution is 0.0416. The van der Waals surface area contributed by atoms with E-state index in [0.717, 1.165) is 21.2 Å². The SMILES string of the molecule is CCOc1ccc2oc(C(=O)OCCOc3ccc(Br)cc3)c(C)c2c1. The van der Waals surface area contributed by atoms with Crippen LogP contribution < -0.4 is 9.47 Å². The molecule has 0 aliphatic heterocycles. The van der Waals surface area contributed by atoms with E-state index in [9.17, 15) is 4.79 Å². The molecule has 0 bridgehead atoms. The lowest BCUT2D eigenvalue weighted by Gasteiger charge is -2.07. The summed E-state index contributed by atoms with van der Waals surface area (Å²) < 4.78 is 22.9. The summed E-state index contributed by atoms with van der Waals surface area (Å²) in [5, 5.41) is 0.842. The summed E-state index contributed by atoms with van der Waals surface area (Å²) >= 11 is 3.36. The predicted octanol–water partition coefficient (Wildman–Crippen LogP) is 5.14. The third-order valence-electron chi connectivity index (χ3n) is 3.80. The van der Waals surface area contributed by atoms with E-state index in [1.807, 2.05) is 50.2 Å². The summed E-state index contributed by atoms with van der Waals surface area (Å²) in [6, 6.07) is 12.9. The van der Waals surface area contributed by atoms with Gasteiger partial charge in [-0.05, 0) is 56.3 Å². The zero-order chi connectivity index (χ0) is 18.5. The largest absolute Gasteiger partial charge is 0.494 e. The average molecular weight is 419 g/mol. The zero-order valence-corrected chi connectivity index (χ0v) is 16.2. The van der Waals surface area contributed by atoms with E-state index in [2.05, 4.69) is 15.9 Å². The number of carbonyl (C=O) groups is 1. The molecule has 0 amide bonds. The van der Waals surface area contributed by atoms with Crippen LogP contribution in [0.5, 0.6) is 11.5 Å². The van der Waals surface area contributed by atoms with Crippen molar-refractivity contribution in [3.05, 3.63) is 58.3 Å². The van der Waals surface area contributed by atoms with Crippen molar-refractivity contribution in [3.63, 3.8) is 0 Å². The minimum Gasteiger partial charge on any atom is -0.494 e. The van der Waals surface area contributed by atoms with Crippen LogP contribution in [0.4, 0.5) is 0 Å². The van der Waals surface area contributed by atoms with Crippen LogP contribution in [0.15, 0.2) is 51.4 Å². The van der Waals surface area contributed by atoms with E-state index in [1.54, 1.807) is 6.07 Å². The van der Waals surface area contributed by atoms with E-state index in [0.29, 0.717) is 17.9 Å². The van der Waals surface area contributed by atoms with Gasteiger partial charge in [0.1, 0.15) is 30.3 Å². The molecule has 6 heteroatoms. The first kappa shape index (κ1) is 18.3. The van der Waals surface area contributed by atoms with Gasteiger partial charge in [-0.25, -0.2) is 4.79 Å². The Morgan fingerprint density at radius 3 is 2.50 bits per heavy atom. The molecule has 0 aliphatic carbocycles. The molecule has 3 aromatic rings. The molecule has 0 aliphatic rings. The predicted molar refractivity (Wildman–Crippen MR) is 102 cm³/mol. The van der Waals surface area contributed by atoms with Gasteiger partial charge in [0.15, 0.2) is 0 Å². The number of benzene rings is 2. The fourth-order valence-corrected chi connectivity index (χ4v) is 2.81. The number of rotatable bonds is 7. The first-order valence-electron chi connectivity index (χ1n) is 8.30. The summed E-state index contributed by atoms with van der Waals surface area (Å²) in [6.45, 7) is 4.73. The fraction of sp³-hybridized carbons (Fsp3) is 0.250. The highest BCUT2D eigenvalue weighted by Gasteiger charge is 2.19. The van der Waals surface area contributed by atoms with Crippen molar-refractivity contribution < 1.29 is 23.4 Å². The van der Waals surface area contributed by atoms with E-state index in [4.69, 9.17) is 18.6 Å². The smallest absolute Gasteiger partial charge is 0.374 e. The molecule has 0 radical (unpaired) electrons. The van der Waals surface area contributed by atoms with Gasteiger partial charge in [-0.2, -0.15) is 0 Å². The minimum atomic E-state index is -0.504. The molecule has 0 unspecified atom stereocenters. The Bertz CT molecular complexity index is 898. The van der Waals surface area contributed by atoms with Gasteiger partial charge in [0.2, 0.25) is 5.76 Å². The Labute approximate surface area is 160 Å². The van der Waals surface area contributed by atoms with E-state index < -0.39 is 5.97 Å². The molecular formula is C20H19BrO5. The number of hydrogen-bond acceptors (Lipinski definition) is 5. The number of carbonyl (C=O) groups excluding carboxylic acids is 1. The van der Waals surface area contributed by atoms with E-state index in [1.165, 1.54) is 0 Å². The van der Waals surface area contributed by atoms with Crippen LogP contribution >= 0.6 is 15.9 Å². The second kappa shape index (κ2) is 8.27. The van der Waals surface area contributed by atoms with Crippen LogP contribution in [0, 0.1) is 6.92 Å². The molecule has 0 spiro atoms. The van der Waals surface area contributed by atoms with Crippen molar-refractivity contribution >= 4 is 32.9 Å². The number of aryl methyl sites for hydroxylation is 1. The first-order chi connectivity index (χ1) is 12.6. The third kappa shape index (κ3) is 4.19. The third-order valence-corrected chi connectivity index (χ3v) is 4.33. The Kier molecular flexibility index (Phi) is 5.83. The molecule has 0 saturated carbocycles. The molecule has 3 rings (SSSR count). The van der Waals surface area contributed by atoms with Crippen molar-refractivity contribution in [3.8, 4) is 11.5 Å². The van der Waals surface area contributed by atoms with Crippen LogP contribution in [0.3, 0.4) is 0 Å². The van der Waals surface area contributed by atoms with Gasteiger partial charge in [-0.15, -0.1) is 0 Å². The molecule has 5 nitrogen and oxygen atoms in total. The fourth-order valence-electron chi connectivity index (χ4n) is 2.54. The Morgan fingerprint density at radius 1 is 1.04 bits per heavy atom. The topological polar surface area (TPSA) is 57.9 Å². The second-order valence-corrected chi connectivity index (χ2v) is 6.50. The van der Waals surface area contributed by atoms with E-state index in [-0.39, 0.29) is 19.0 Å². The van der Waals surface area contributed by atoms with Crippen LogP contribution in [-0.2, 0) is 4.74 Å². The number of halogens is 1. The molecule has 1 heterocycles. The summed E-state index contributed by atoms with van der Waals surface area (Å²) in [7, 11) is 0. The molecule has 0 N–H and O–H groups in total. The van der Waals surface area contributed by atoms with Gasteiger partial charge in [0.25, 0.3) is 0 Å². The normalized spacial score (nSPS) is 10.7. The Morgan fingerprint density at radius 2 is 1.77 bits per heavy atom. The van der Waals surface area contributed by atoms with Crippen LogP contribution in [-0.4, -0.2) is 25.8 Å². The number of furan rings is 1.